The van der Waals surface area contributed by atoms with E-state index in [0.29, 0.717) is 48.0 Å². The molecule has 3 rings (SSSR count). The molecule has 1 aliphatic rings. The predicted octanol–water partition coefficient (Wildman–Crippen LogP) is 3.00. The minimum absolute atomic E-state index is 0. The summed E-state index contributed by atoms with van der Waals surface area (Å²) < 4.78 is 0. The number of hydrogen-bond acceptors (Lipinski definition) is 4. The molecule has 0 saturated carbocycles. The third kappa shape index (κ3) is 3.83. The Balaban J connectivity index is 0.00000208. The fourth-order valence-corrected chi connectivity index (χ4v) is 3.46. The van der Waals surface area contributed by atoms with Crippen LogP contribution in [-0.2, 0) is 0 Å². The first-order valence-electron chi connectivity index (χ1n) is 7.22. The molecular formula is C16H17Cl2N3O2S. The van der Waals surface area contributed by atoms with E-state index in [9.17, 15) is 9.59 Å². The van der Waals surface area contributed by atoms with Gasteiger partial charge in [0, 0.05) is 37.2 Å². The van der Waals surface area contributed by atoms with E-state index in [1.165, 1.54) is 11.3 Å². The number of amides is 2. The Morgan fingerprint density at radius 1 is 1.04 bits per heavy atom. The van der Waals surface area contributed by atoms with Crippen molar-refractivity contribution in [2.75, 3.05) is 31.9 Å². The SMILES string of the molecule is Cl.Nc1ccc(C(=O)N2CCN(C(=O)c3ccsc3)CC2)c(Cl)c1. The Morgan fingerprint density at radius 2 is 1.67 bits per heavy atom. The molecule has 128 valence electrons. The Labute approximate surface area is 155 Å². The van der Waals surface area contributed by atoms with Crippen LogP contribution in [0.25, 0.3) is 0 Å². The molecule has 2 aromatic rings. The molecule has 1 saturated heterocycles. The highest BCUT2D eigenvalue weighted by atomic mass is 35.5. The van der Waals surface area contributed by atoms with Crippen LogP contribution in [0.2, 0.25) is 5.02 Å². The number of nitrogen functional groups attached to an aromatic ring is 1. The fraction of sp³-hybridized carbons (Fsp3) is 0.250. The van der Waals surface area contributed by atoms with Crippen LogP contribution >= 0.6 is 35.3 Å². The van der Waals surface area contributed by atoms with Gasteiger partial charge in [0.15, 0.2) is 0 Å². The van der Waals surface area contributed by atoms with Gasteiger partial charge in [-0.2, -0.15) is 11.3 Å². The molecule has 0 atom stereocenters. The van der Waals surface area contributed by atoms with Crippen molar-refractivity contribution in [3.05, 3.63) is 51.2 Å². The first-order chi connectivity index (χ1) is 11.1. The summed E-state index contributed by atoms with van der Waals surface area (Å²) in [5.41, 5.74) is 7.33. The summed E-state index contributed by atoms with van der Waals surface area (Å²) in [6, 6.07) is 6.70. The van der Waals surface area contributed by atoms with Crippen molar-refractivity contribution in [3.63, 3.8) is 0 Å². The van der Waals surface area contributed by atoms with Crippen molar-refractivity contribution in [2.24, 2.45) is 0 Å². The highest BCUT2D eigenvalue weighted by Crippen LogP contribution is 2.21. The number of nitrogens with two attached hydrogens (primary N) is 1. The maximum Gasteiger partial charge on any atom is 0.255 e. The van der Waals surface area contributed by atoms with Gasteiger partial charge >= 0.3 is 0 Å². The van der Waals surface area contributed by atoms with E-state index in [-0.39, 0.29) is 24.2 Å². The van der Waals surface area contributed by atoms with Crippen LogP contribution in [0.1, 0.15) is 20.7 Å². The molecule has 2 amide bonds. The fourth-order valence-electron chi connectivity index (χ4n) is 2.56. The second-order valence-electron chi connectivity index (χ2n) is 5.34. The average molecular weight is 386 g/mol. The zero-order valence-electron chi connectivity index (χ0n) is 12.8. The molecule has 0 unspecified atom stereocenters. The van der Waals surface area contributed by atoms with E-state index in [1.54, 1.807) is 28.0 Å². The number of anilines is 1. The predicted molar refractivity (Wildman–Crippen MR) is 99.2 cm³/mol. The minimum Gasteiger partial charge on any atom is -0.399 e. The highest BCUT2D eigenvalue weighted by molar-refractivity contribution is 7.08. The lowest BCUT2D eigenvalue weighted by Gasteiger charge is -2.34. The number of carbonyl (C=O) groups excluding carboxylic acids is 2. The number of nitrogens with zero attached hydrogens (tertiary/aromatic N) is 2. The van der Waals surface area contributed by atoms with E-state index < -0.39 is 0 Å². The molecule has 0 bridgehead atoms. The van der Waals surface area contributed by atoms with Crippen LogP contribution < -0.4 is 5.73 Å². The van der Waals surface area contributed by atoms with Crippen molar-refractivity contribution in [1.29, 1.82) is 0 Å². The van der Waals surface area contributed by atoms with E-state index in [0.717, 1.165) is 0 Å². The molecular weight excluding hydrogens is 369 g/mol. The largest absolute Gasteiger partial charge is 0.399 e. The van der Waals surface area contributed by atoms with Gasteiger partial charge in [-0.25, -0.2) is 0 Å². The molecule has 2 heterocycles. The lowest BCUT2D eigenvalue weighted by atomic mass is 10.1. The van der Waals surface area contributed by atoms with Gasteiger partial charge in [0.25, 0.3) is 11.8 Å². The quantitative estimate of drug-likeness (QED) is 0.807. The van der Waals surface area contributed by atoms with E-state index in [4.69, 9.17) is 17.3 Å². The van der Waals surface area contributed by atoms with Gasteiger partial charge in [0.05, 0.1) is 16.1 Å². The second kappa shape index (κ2) is 7.88. The molecule has 1 aromatic carbocycles. The molecule has 0 aliphatic carbocycles. The first kappa shape index (κ1) is 18.6. The average Bonchev–Trinajstić information content (AvgIpc) is 3.08. The van der Waals surface area contributed by atoms with Crippen LogP contribution in [0.4, 0.5) is 5.69 Å². The lowest BCUT2D eigenvalue weighted by molar-refractivity contribution is 0.0536. The van der Waals surface area contributed by atoms with Gasteiger partial charge < -0.3 is 15.5 Å². The third-order valence-electron chi connectivity index (χ3n) is 3.85. The summed E-state index contributed by atoms with van der Waals surface area (Å²) in [6.07, 6.45) is 0. The number of piperazine rings is 1. The summed E-state index contributed by atoms with van der Waals surface area (Å²) >= 11 is 7.60. The Morgan fingerprint density at radius 3 is 2.21 bits per heavy atom. The maximum atomic E-state index is 12.5. The minimum atomic E-state index is -0.127. The van der Waals surface area contributed by atoms with E-state index in [1.807, 2.05) is 16.8 Å². The molecule has 0 radical (unpaired) electrons. The number of halogens is 2. The van der Waals surface area contributed by atoms with Gasteiger partial charge in [-0.3, -0.25) is 9.59 Å². The van der Waals surface area contributed by atoms with Crippen LogP contribution in [0.15, 0.2) is 35.0 Å². The number of rotatable bonds is 2. The van der Waals surface area contributed by atoms with E-state index >= 15 is 0 Å². The van der Waals surface area contributed by atoms with Gasteiger partial charge in [0.1, 0.15) is 0 Å². The summed E-state index contributed by atoms with van der Waals surface area (Å²) in [5, 5.41) is 4.08. The number of thiophene rings is 1. The molecule has 24 heavy (non-hydrogen) atoms. The van der Waals surface area contributed by atoms with Crippen molar-refractivity contribution in [2.45, 2.75) is 0 Å². The number of benzene rings is 1. The normalized spacial score (nSPS) is 14.2. The highest BCUT2D eigenvalue weighted by Gasteiger charge is 2.26. The summed E-state index contributed by atoms with van der Waals surface area (Å²) in [4.78, 5) is 28.3. The van der Waals surface area contributed by atoms with Crippen molar-refractivity contribution in [1.82, 2.24) is 9.80 Å². The third-order valence-corrected chi connectivity index (χ3v) is 4.84. The van der Waals surface area contributed by atoms with Gasteiger partial charge in [-0.05, 0) is 29.6 Å². The van der Waals surface area contributed by atoms with Crippen LogP contribution in [0.3, 0.4) is 0 Å². The Bertz CT molecular complexity index is 729. The summed E-state index contributed by atoms with van der Waals surface area (Å²) in [6.45, 7) is 2.03. The maximum absolute atomic E-state index is 12.5. The Hall–Kier alpha value is -1.76. The van der Waals surface area contributed by atoms with E-state index in [2.05, 4.69) is 0 Å². The van der Waals surface area contributed by atoms with Crippen LogP contribution in [-0.4, -0.2) is 47.8 Å². The van der Waals surface area contributed by atoms with Crippen molar-refractivity contribution in [3.8, 4) is 0 Å². The smallest absolute Gasteiger partial charge is 0.255 e. The topological polar surface area (TPSA) is 66.6 Å². The lowest BCUT2D eigenvalue weighted by Crippen LogP contribution is -2.50. The van der Waals surface area contributed by atoms with Gasteiger partial charge in [0.2, 0.25) is 0 Å². The standard InChI is InChI=1S/C16H16ClN3O2S.ClH/c17-14-9-12(18)1-2-13(14)16(22)20-6-4-19(5-7-20)15(21)11-3-8-23-10-11;/h1-3,8-10H,4-7,18H2;1H. The molecule has 5 nitrogen and oxygen atoms in total. The summed E-state index contributed by atoms with van der Waals surface area (Å²) in [5.74, 6) is -0.110. The zero-order valence-corrected chi connectivity index (χ0v) is 15.2. The monoisotopic (exact) mass is 385 g/mol. The Kier molecular flexibility index (Phi) is 6.10. The van der Waals surface area contributed by atoms with Gasteiger partial charge in [-0.15, -0.1) is 12.4 Å². The zero-order chi connectivity index (χ0) is 16.4. The van der Waals surface area contributed by atoms with Gasteiger partial charge in [-0.1, -0.05) is 11.6 Å². The number of carbonyl (C=O) groups is 2. The molecule has 0 spiro atoms. The molecule has 2 N–H and O–H groups in total. The van der Waals surface area contributed by atoms with Crippen molar-refractivity contribution < 1.29 is 9.59 Å². The number of hydrogen-bond donors (Lipinski definition) is 1. The van der Waals surface area contributed by atoms with Crippen LogP contribution in [0, 0.1) is 0 Å². The first-order valence-corrected chi connectivity index (χ1v) is 8.54. The second-order valence-corrected chi connectivity index (χ2v) is 6.52. The molecule has 1 fully saturated rings. The molecule has 1 aliphatic heterocycles. The van der Waals surface area contributed by atoms with Crippen LogP contribution in [0.5, 0.6) is 0 Å². The van der Waals surface area contributed by atoms with Crippen molar-refractivity contribution >= 4 is 52.8 Å². The molecule has 1 aromatic heterocycles. The summed E-state index contributed by atoms with van der Waals surface area (Å²) in [7, 11) is 0. The molecule has 8 heteroatoms.